The first-order valence-corrected chi connectivity index (χ1v) is 6.61. The van der Waals surface area contributed by atoms with E-state index in [4.69, 9.17) is 5.73 Å². The van der Waals surface area contributed by atoms with Crippen molar-refractivity contribution in [3.63, 3.8) is 0 Å². The Labute approximate surface area is 104 Å². The standard InChI is InChI=1S/C10H15N5OS/c1-17-10-14-7(11)4-8(15-10)13-6-2-3-9(16)12-5-6/h4,6H,2-3,5H2,1H3,(H,12,16)(H3,11,13,14,15). The topological polar surface area (TPSA) is 92.9 Å². The minimum atomic E-state index is 0.107. The van der Waals surface area contributed by atoms with Gasteiger partial charge in [-0.25, -0.2) is 9.97 Å². The van der Waals surface area contributed by atoms with Gasteiger partial charge in [0, 0.05) is 25.1 Å². The number of carbonyl (C=O) groups is 1. The van der Waals surface area contributed by atoms with E-state index in [0.29, 0.717) is 29.8 Å². The number of amides is 1. The van der Waals surface area contributed by atoms with Crippen molar-refractivity contribution in [3.05, 3.63) is 6.07 Å². The van der Waals surface area contributed by atoms with Crippen LogP contribution in [0.4, 0.5) is 11.6 Å². The summed E-state index contributed by atoms with van der Waals surface area (Å²) >= 11 is 1.45. The predicted molar refractivity (Wildman–Crippen MR) is 67.9 cm³/mol. The molecule has 1 aromatic rings. The van der Waals surface area contributed by atoms with Crippen LogP contribution in [-0.4, -0.2) is 34.7 Å². The summed E-state index contributed by atoms with van der Waals surface area (Å²) in [6, 6.07) is 1.91. The number of thioether (sulfide) groups is 1. The third-order valence-corrected chi connectivity index (χ3v) is 3.07. The van der Waals surface area contributed by atoms with Crippen LogP contribution in [0, 0.1) is 0 Å². The van der Waals surface area contributed by atoms with Gasteiger partial charge in [0.15, 0.2) is 5.16 Å². The van der Waals surface area contributed by atoms with E-state index in [1.807, 2.05) is 6.26 Å². The van der Waals surface area contributed by atoms with Gasteiger partial charge in [0.1, 0.15) is 11.6 Å². The summed E-state index contributed by atoms with van der Waals surface area (Å²) in [4.78, 5) is 19.4. The Morgan fingerprint density at radius 1 is 1.59 bits per heavy atom. The van der Waals surface area contributed by atoms with Crippen molar-refractivity contribution < 1.29 is 4.79 Å². The molecule has 4 N–H and O–H groups in total. The van der Waals surface area contributed by atoms with Crippen molar-refractivity contribution in [2.24, 2.45) is 0 Å². The number of carbonyl (C=O) groups excluding carboxylic acids is 1. The van der Waals surface area contributed by atoms with E-state index < -0.39 is 0 Å². The first-order chi connectivity index (χ1) is 8.17. The zero-order valence-corrected chi connectivity index (χ0v) is 10.4. The highest BCUT2D eigenvalue weighted by Gasteiger charge is 2.18. The van der Waals surface area contributed by atoms with Gasteiger partial charge in [0.25, 0.3) is 0 Å². The van der Waals surface area contributed by atoms with E-state index in [-0.39, 0.29) is 11.9 Å². The van der Waals surface area contributed by atoms with Crippen molar-refractivity contribution in [3.8, 4) is 0 Å². The maximum Gasteiger partial charge on any atom is 0.220 e. The SMILES string of the molecule is CSc1nc(N)cc(NC2CCC(=O)NC2)n1. The van der Waals surface area contributed by atoms with Crippen molar-refractivity contribution in [2.75, 3.05) is 23.9 Å². The van der Waals surface area contributed by atoms with Crippen molar-refractivity contribution >= 4 is 29.3 Å². The monoisotopic (exact) mass is 253 g/mol. The van der Waals surface area contributed by atoms with Crippen LogP contribution in [0.3, 0.4) is 0 Å². The fourth-order valence-corrected chi connectivity index (χ4v) is 2.06. The quantitative estimate of drug-likeness (QED) is 0.535. The summed E-state index contributed by atoms with van der Waals surface area (Å²) in [5, 5.41) is 6.72. The number of nitrogens with zero attached hydrogens (tertiary/aromatic N) is 2. The molecule has 0 radical (unpaired) electrons. The minimum Gasteiger partial charge on any atom is -0.383 e. The second-order valence-corrected chi connectivity index (χ2v) is 4.62. The van der Waals surface area contributed by atoms with E-state index in [2.05, 4.69) is 20.6 Å². The maximum atomic E-state index is 11.0. The van der Waals surface area contributed by atoms with Gasteiger partial charge in [0.05, 0.1) is 0 Å². The van der Waals surface area contributed by atoms with Crippen LogP contribution >= 0.6 is 11.8 Å². The molecule has 1 atom stereocenters. The van der Waals surface area contributed by atoms with Crippen molar-refractivity contribution in [2.45, 2.75) is 24.0 Å². The molecule has 1 fully saturated rings. The van der Waals surface area contributed by atoms with Crippen LogP contribution < -0.4 is 16.4 Å². The lowest BCUT2D eigenvalue weighted by Gasteiger charge is -2.24. The first-order valence-electron chi connectivity index (χ1n) is 5.39. The number of hydrogen-bond donors (Lipinski definition) is 3. The van der Waals surface area contributed by atoms with Gasteiger partial charge in [-0.15, -0.1) is 0 Å². The molecule has 7 heteroatoms. The molecule has 1 aliphatic heterocycles. The zero-order chi connectivity index (χ0) is 12.3. The van der Waals surface area contributed by atoms with Crippen LogP contribution in [0.2, 0.25) is 0 Å². The zero-order valence-electron chi connectivity index (χ0n) is 9.56. The van der Waals surface area contributed by atoms with Gasteiger partial charge in [-0.3, -0.25) is 4.79 Å². The third-order valence-electron chi connectivity index (χ3n) is 2.53. The number of anilines is 2. The molecule has 92 valence electrons. The summed E-state index contributed by atoms with van der Waals surface area (Å²) < 4.78 is 0. The Morgan fingerprint density at radius 2 is 2.41 bits per heavy atom. The molecule has 2 rings (SSSR count). The molecule has 0 bridgehead atoms. The Bertz CT molecular complexity index is 415. The van der Waals surface area contributed by atoms with Gasteiger partial charge in [-0.1, -0.05) is 11.8 Å². The lowest BCUT2D eigenvalue weighted by atomic mass is 10.1. The molecule has 6 nitrogen and oxygen atoms in total. The molecule has 0 aromatic carbocycles. The van der Waals surface area contributed by atoms with E-state index in [1.54, 1.807) is 6.07 Å². The van der Waals surface area contributed by atoms with Crippen LogP contribution in [-0.2, 0) is 4.79 Å². The first kappa shape index (κ1) is 12.0. The van der Waals surface area contributed by atoms with Gasteiger partial charge in [-0.05, 0) is 12.7 Å². The molecule has 2 heterocycles. The number of nitrogens with two attached hydrogens (primary N) is 1. The Morgan fingerprint density at radius 3 is 3.06 bits per heavy atom. The minimum absolute atomic E-state index is 0.107. The number of rotatable bonds is 3. The van der Waals surface area contributed by atoms with Gasteiger partial charge < -0.3 is 16.4 Å². The molecular formula is C10H15N5OS. The molecule has 0 saturated carbocycles. The summed E-state index contributed by atoms with van der Waals surface area (Å²) in [5.74, 6) is 1.27. The van der Waals surface area contributed by atoms with Gasteiger partial charge in [-0.2, -0.15) is 0 Å². The summed E-state index contributed by atoms with van der Waals surface area (Å²) in [5.41, 5.74) is 5.69. The lowest BCUT2D eigenvalue weighted by molar-refractivity contribution is -0.122. The van der Waals surface area contributed by atoms with Crippen LogP contribution in [0.5, 0.6) is 0 Å². The average Bonchev–Trinajstić information content (AvgIpc) is 2.31. The van der Waals surface area contributed by atoms with Crippen molar-refractivity contribution in [1.82, 2.24) is 15.3 Å². The molecule has 1 unspecified atom stereocenters. The highest BCUT2D eigenvalue weighted by atomic mass is 32.2. The van der Waals surface area contributed by atoms with E-state index in [1.165, 1.54) is 11.8 Å². The molecule has 0 spiro atoms. The lowest BCUT2D eigenvalue weighted by Crippen LogP contribution is -2.42. The van der Waals surface area contributed by atoms with E-state index in [9.17, 15) is 4.79 Å². The number of aromatic nitrogens is 2. The molecule has 1 aromatic heterocycles. The Balaban J connectivity index is 2.02. The van der Waals surface area contributed by atoms with Crippen molar-refractivity contribution in [1.29, 1.82) is 0 Å². The normalized spacial score (nSPS) is 19.8. The summed E-state index contributed by atoms with van der Waals surface area (Å²) in [6.07, 6.45) is 3.26. The van der Waals surface area contributed by atoms with Gasteiger partial charge >= 0.3 is 0 Å². The fraction of sp³-hybridized carbons (Fsp3) is 0.500. The molecule has 0 aliphatic carbocycles. The maximum absolute atomic E-state index is 11.0. The molecule has 1 saturated heterocycles. The predicted octanol–water partition coefficient (Wildman–Crippen LogP) is 0.471. The molecule has 1 amide bonds. The molecule has 17 heavy (non-hydrogen) atoms. The Hall–Kier alpha value is -1.50. The molecular weight excluding hydrogens is 238 g/mol. The number of nitrogens with one attached hydrogen (secondary N) is 2. The smallest absolute Gasteiger partial charge is 0.220 e. The van der Waals surface area contributed by atoms with Crippen LogP contribution in [0.15, 0.2) is 11.2 Å². The number of nitrogen functional groups attached to an aromatic ring is 1. The Kier molecular flexibility index (Phi) is 3.68. The molecule has 1 aliphatic rings. The van der Waals surface area contributed by atoms with Crippen LogP contribution in [0.25, 0.3) is 0 Å². The average molecular weight is 253 g/mol. The van der Waals surface area contributed by atoms with Crippen LogP contribution in [0.1, 0.15) is 12.8 Å². The summed E-state index contributed by atoms with van der Waals surface area (Å²) in [7, 11) is 0. The highest BCUT2D eigenvalue weighted by molar-refractivity contribution is 7.98. The van der Waals surface area contributed by atoms with E-state index in [0.717, 1.165) is 6.42 Å². The number of piperidine rings is 1. The summed E-state index contributed by atoms with van der Waals surface area (Å²) in [6.45, 7) is 0.622. The second kappa shape index (κ2) is 5.22. The van der Waals surface area contributed by atoms with E-state index >= 15 is 0 Å². The third kappa shape index (κ3) is 3.23. The van der Waals surface area contributed by atoms with Gasteiger partial charge in [0.2, 0.25) is 5.91 Å². The largest absolute Gasteiger partial charge is 0.383 e. The highest BCUT2D eigenvalue weighted by Crippen LogP contribution is 2.17. The number of hydrogen-bond acceptors (Lipinski definition) is 6. The fourth-order valence-electron chi connectivity index (χ4n) is 1.67. The second-order valence-electron chi connectivity index (χ2n) is 3.85.